The van der Waals surface area contributed by atoms with Crippen molar-refractivity contribution in [3.8, 4) is 11.5 Å². The Morgan fingerprint density at radius 1 is 1.19 bits per heavy atom. The second-order valence-corrected chi connectivity index (χ2v) is 10.2. The molecule has 1 amide bonds. The predicted octanol–water partition coefficient (Wildman–Crippen LogP) is 2.56. The molecule has 2 aliphatic carbocycles. The summed E-state index contributed by atoms with van der Waals surface area (Å²) in [6, 6.07) is 4.72. The Morgan fingerprint density at radius 3 is 2.67 bits per heavy atom. The molecule has 1 aliphatic heterocycles. The molecule has 1 N–H and O–H groups in total. The smallest absolute Gasteiger partial charge is 0.221 e. The third-order valence-corrected chi connectivity index (χ3v) is 8.01. The Hall–Kier alpha value is -1.76. The van der Waals surface area contributed by atoms with E-state index in [0.29, 0.717) is 30.6 Å². The summed E-state index contributed by atoms with van der Waals surface area (Å²) in [4.78, 5) is 12.5. The van der Waals surface area contributed by atoms with Gasteiger partial charge in [-0.3, -0.25) is 4.79 Å². The van der Waals surface area contributed by atoms with Gasteiger partial charge in [0.25, 0.3) is 0 Å². The van der Waals surface area contributed by atoms with E-state index in [4.69, 9.17) is 9.47 Å². The van der Waals surface area contributed by atoms with Gasteiger partial charge in [-0.25, -0.2) is 8.42 Å². The van der Waals surface area contributed by atoms with Crippen LogP contribution in [0.25, 0.3) is 0 Å². The van der Waals surface area contributed by atoms with Gasteiger partial charge in [-0.05, 0) is 56.1 Å². The number of nitrogens with one attached hydrogen (secondary N) is 1. The van der Waals surface area contributed by atoms with E-state index < -0.39 is 9.84 Å². The van der Waals surface area contributed by atoms with Gasteiger partial charge in [-0.15, -0.1) is 0 Å². The molecule has 4 rings (SSSR count). The number of carbonyl (C=O) groups excluding carboxylic acids is 1. The summed E-state index contributed by atoms with van der Waals surface area (Å²) in [7, 11) is -3.55. The number of rotatable bonds is 6. The maximum absolute atomic E-state index is 12.6. The highest BCUT2D eigenvalue weighted by molar-refractivity contribution is 7.91. The molecule has 1 heterocycles. The number of hydrogen-bond acceptors (Lipinski definition) is 5. The standard InChI is InChI=1S/C20H27NO5S/c1-13(17-11-14-2-3-15(17)10-14)21-20(22)6-9-27(23,24)16-4-5-18-19(12-16)26-8-7-25-18/h4-5,12-15,17H,2-3,6-11H2,1H3,(H,21,22). The zero-order chi connectivity index (χ0) is 19.0. The van der Waals surface area contributed by atoms with Crippen molar-refractivity contribution >= 4 is 15.7 Å². The van der Waals surface area contributed by atoms with Gasteiger partial charge < -0.3 is 14.8 Å². The number of carbonyl (C=O) groups is 1. The number of sulfone groups is 1. The molecule has 4 unspecified atom stereocenters. The van der Waals surface area contributed by atoms with Crippen LogP contribution in [0, 0.1) is 17.8 Å². The van der Waals surface area contributed by atoms with Crippen LogP contribution in [0.5, 0.6) is 11.5 Å². The van der Waals surface area contributed by atoms with Crippen LogP contribution in [0.4, 0.5) is 0 Å². The highest BCUT2D eigenvalue weighted by atomic mass is 32.2. The van der Waals surface area contributed by atoms with E-state index in [1.165, 1.54) is 37.8 Å². The quantitative estimate of drug-likeness (QED) is 0.803. The van der Waals surface area contributed by atoms with Gasteiger partial charge in [0.1, 0.15) is 13.2 Å². The highest BCUT2D eigenvalue weighted by Crippen LogP contribution is 2.49. The fourth-order valence-electron chi connectivity index (χ4n) is 4.90. The number of hydrogen-bond donors (Lipinski definition) is 1. The number of fused-ring (bicyclic) bond motifs is 3. The summed E-state index contributed by atoms with van der Waals surface area (Å²) in [5, 5.41) is 3.03. The zero-order valence-corrected chi connectivity index (χ0v) is 16.5. The van der Waals surface area contributed by atoms with Gasteiger partial charge in [0.15, 0.2) is 21.3 Å². The molecular formula is C20H27NO5S. The molecule has 2 fully saturated rings. The largest absolute Gasteiger partial charge is 0.486 e. The van der Waals surface area contributed by atoms with E-state index in [1.54, 1.807) is 6.07 Å². The minimum Gasteiger partial charge on any atom is -0.486 e. The fourth-order valence-corrected chi connectivity index (χ4v) is 6.15. The SMILES string of the molecule is CC(NC(=O)CCS(=O)(=O)c1ccc2c(c1)OCCO2)C1CC2CCC1C2. The van der Waals surface area contributed by atoms with E-state index in [0.717, 1.165) is 11.8 Å². The summed E-state index contributed by atoms with van der Waals surface area (Å²) < 4.78 is 36.1. The lowest BCUT2D eigenvalue weighted by atomic mass is 9.84. The predicted molar refractivity (Wildman–Crippen MR) is 101 cm³/mol. The van der Waals surface area contributed by atoms with Crippen LogP contribution in [-0.4, -0.2) is 39.3 Å². The summed E-state index contributed by atoms with van der Waals surface area (Å²) in [5.41, 5.74) is 0. The third kappa shape index (κ3) is 3.93. The normalized spacial score (nSPS) is 27.4. The molecule has 148 valence electrons. The molecule has 2 bridgehead atoms. The molecule has 3 aliphatic rings. The van der Waals surface area contributed by atoms with Crippen molar-refractivity contribution in [1.29, 1.82) is 0 Å². The van der Waals surface area contributed by atoms with Crippen molar-refractivity contribution in [1.82, 2.24) is 5.32 Å². The summed E-state index contributed by atoms with van der Waals surface area (Å²) >= 11 is 0. The first-order valence-corrected chi connectivity index (χ1v) is 11.5. The fraction of sp³-hybridized carbons (Fsp3) is 0.650. The van der Waals surface area contributed by atoms with Crippen molar-refractivity contribution in [3.05, 3.63) is 18.2 Å². The van der Waals surface area contributed by atoms with Crippen LogP contribution in [0.15, 0.2) is 23.1 Å². The van der Waals surface area contributed by atoms with Crippen LogP contribution < -0.4 is 14.8 Å². The van der Waals surface area contributed by atoms with Crippen LogP contribution in [0.2, 0.25) is 0 Å². The van der Waals surface area contributed by atoms with Crippen LogP contribution in [-0.2, 0) is 14.6 Å². The molecule has 27 heavy (non-hydrogen) atoms. The number of amides is 1. The molecule has 0 spiro atoms. The van der Waals surface area contributed by atoms with Gasteiger partial charge in [-0.2, -0.15) is 0 Å². The Bertz CT molecular complexity index is 822. The van der Waals surface area contributed by atoms with Gasteiger partial charge in [0.05, 0.1) is 10.6 Å². The van der Waals surface area contributed by atoms with Crippen LogP contribution >= 0.6 is 0 Å². The second-order valence-electron chi connectivity index (χ2n) is 8.07. The average Bonchev–Trinajstić information content (AvgIpc) is 3.29. The Kier molecular flexibility index (Phi) is 5.05. The Labute approximate surface area is 160 Å². The summed E-state index contributed by atoms with van der Waals surface area (Å²) in [6.07, 6.45) is 5.07. The van der Waals surface area contributed by atoms with Gasteiger partial charge >= 0.3 is 0 Å². The lowest BCUT2D eigenvalue weighted by Crippen LogP contribution is -2.40. The number of benzene rings is 1. The Balaban J connectivity index is 1.32. The molecule has 1 aromatic rings. The molecular weight excluding hydrogens is 366 g/mol. The van der Waals surface area contributed by atoms with Crippen molar-refractivity contribution in [2.24, 2.45) is 17.8 Å². The molecule has 0 aromatic heterocycles. The van der Waals surface area contributed by atoms with Crippen molar-refractivity contribution in [3.63, 3.8) is 0 Å². The molecule has 7 heteroatoms. The minimum absolute atomic E-state index is 0.0259. The van der Waals surface area contributed by atoms with Crippen LogP contribution in [0.1, 0.15) is 39.0 Å². The monoisotopic (exact) mass is 393 g/mol. The third-order valence-electron chi connectivity index (χ3n) is 6.29. The number of ether oxygens (including phenoxy) is 2. The molecule has 6 nitrogen and oxygen atoms in total. The van der Waals surface area contributed by atoms with Crippen molar-refractivity contribution in [2.45, 2.75) is 50.0 Å². The first kappa shape index (κ1) is 18.6. The maximum Gasteiger partial charge on any atom is 0.221 e. The summed E-state index contributed by atoms with van der Waals surface area (Å²) in [6.45, 7) is 2.92. The second kappa shape index (κ2) is 7.34. The topological polar surface area (TPSA) is 81.7 Å². The average molecular weight is 394 g/mol. The van der Waals surface area contributed by atoms with E-state index in [1.807, 2.05) is 0 Å². The first-order chi connectivity index (χ1) is 12.9. The van der Waals surface area contributed by atoms with Gasteiger partial charge in [0, 0.05) is 18.5 Å². The lowest BCUT2D eigenvalue weighted by molar-refractivity contribution is -0.121. The molecule has 4 atom stereocenters. The van der Waals surface area contributed by atoms with E-state index >= 15 is 0 Å². The van der Waals surface area contributed by atoms with Gasteiger partial charge in [0.2, 0.25) is 5.91 Å². The van der Waals surface area contributed by atoms with E-state index in [-0.39, 0.29) is 29.0 Å². The lowest BCUT2D eigenvalue weighted by Gasteiger charge is -2.28. The maximum atomic E-state index is 12.6. The van der Waals surface area contributed by atoms with Gasteiger partial charge in [-0.1, -0.05) is 6.42 Å². The van der Waals surface area contributed by atoms with E-state index in [9.17, 15) is 13.2 Å². The summed E-state index contributed by atoms with van der Waals surface area (Å²) in [5.74, 6) is 2.70. The zero-order valence-electron chi connectivity index (χ0n) is 15.6. The Morgan fingerprint density at radius 2 is 1.96 bits per heavy atom. The molecule has 2 saturated carbocycles. The van der Waals surface area contributed by atoms with Crippen molar-refractivity contribution in [2.75, 3.05) is 19.0 Å². The first-order valence-electron chi connectivity index (χ1n) is 9.84. The highest BCUT2D eigenvalue weighted by Gasteiger charge is 2.42. The minimum atomic E-state index is -3.55. The molecule has 1 aromatic carbocycles. The van der Waals surface area contributed by atoms with Crippen LogP contribution in [0.3, 0.4) is 0 Å². The molecule has 0 radical (unpaired) electrons. The van der Waals surface area contributed by atoms with Crippen molar-refractivity contribution < 1.29 is 22.7 Å². The molecule has 0 saturated heterocycles. The van der Waals surface area contributed by atoms with E-state index in [2.05, 4.69) is 12.2 Å².